The van der Waals surface area contributed by atoms with Gasteiger partial charge in [-0.1, -0.05) is 6.07 Å². The largest absolute Gasteiger partial charge is 0.504 e. The molecule has 2 aromatic carbocycles. The Morgan fingerprint density at radius 1 is 1.18 bits per heavy atom. The number of rotatable bonds is 2. The maximum atomic E-state index is 13.0. The number of benzene rings is 2. The van der Waals surface area contributed by atoms with E-state index in [1.54, 1.807) is 0 Å². The summed E-state index contributed by atoms with van der Waals surface area (Å²) in [6.07, 6.45) is 0.522. The highest BCUT2D eigenvalue weighted by Gasteiger charge is 2.60. The number of carbonyl (C=O) groups excluding carboxylic acids is 2. The number of piperazine rings is 1. The third kappa shape index (κ3) is 3.94. The number of likely N-dealkylation sites (N-methyl/N-ethyl adjacent to an activating group) is 1. The predicted molar refractivity (Wildman–Crippen MR) is 158 cm³/mol. The summed E-state index contributed by atoms with van der Waals surface area (Å²) in [5, 5.41) is 22.1. The third-order valence-corrected chi connectivity index (χ3v) is 11.1. The normalized spacial score (nSPS) is 30.4. The van der Waals surface area contributed by atoms with E-state index in [1.165, 1.54) is 25.8 Å². The van der Waals surface area contributed by atoms with Crippen molar-refractivity contribution < 1.29 is 38.4 Å². The van der Waals surface area contributed by atoms with Gasteiger partial charge in [0.05, 0.1) is 30.5 Å². The van der Waals surface area contributed by atoms with Crippen molar-refractivity contribution in [2.75, 3.05) is 33.3 Å². The molecule has 0 aromatic heterocycles. The maximum Gasteiger partial charge on any atom is 0.323 e. The Hall–Kier alpha value is -3.70. The molecule has 5 aliphatic heterocycles. The smallest absolute Gasteiger partial charge is 0.323 e. The Morgan fingerprint density at radius 2 is 1.93 bits per heavy atom. The van der Waals surface area contributed by atoms with E-state index < -0.39 is 47.4 Å². The van der Waals surface area contributed by atoms with Crippen molar-refractivity contribution in [3.63, 3.8) is 0 Å². The zero-order valence-corrected chi connectivity index (χ0v) is 25.9. The summed E-state index contributed by atoms with van der Waals surface area (Å²) in [6.45, 7) is 4.93. The zero-order chi connectivity index (χ0) is 31.2. The molecule has 3 unspecified atom stereocenters. The summed E-state index contributed by atoms with van der Waals surface area (Å²) in [7, 11) is 3.51. The predicted octanol–water partition coefficient (Wildman–Crippen LogP) is 2.56. The van der Waals surface area contributed by atoms with Crippen molar-refractivity contribution in [3.05, 3.63) is 39.4 Å². The number of aryl methyl sites for hydroxylation is 1. The molecule has 0 spiro atoms. The number of esters is 2. The fourth-order valence-electron chi connectivity index (χ4n) is 7.98. The molecule has 7 atom stereocenters. The van der Waals surface area contributed by atoms with E-state index in [4.69, 9.17) is 29.4 Å². The minimum absolute atomic E-state index is 0.0270. The van der Waals surface area contributed by atoms with Gasteiger partial charge in [0.15, 0.2) is 23.0 Å². The number of methoxy groups -OCH3 is 1. The second-order valence-electron chi connectivity index (χ2n) is 12.0. The molecule has 44 heavy (non-hydrogen) atoms. The maximum absolute atomic E-state index is 13.0. The number of thioether (sulfide) groups is 1. The molecule has 0 aliphatic carbocycles. The number of aromatic hydroxyl groups is 1. The fraction of sp³-hybridized carbons (Fsp3) is 0.516. The molecule has 0 saturated carbocycles. The van der Waals surface area contributed by atoms with Gasteiger partial charge in [-0.3, -0.25) is 19.4 Å². The van der Waals surface area contributed by atoms with Crippen molar-refractivity contribution in [3.8, 4) is 34.8 Å². The van der Waals surface area contributed by atoms with Gasteiger partial charge in [0.1, 0.15) is 24.4 Å². The van der Waals surface area contributed by atoms with Crippen LogP contribution < -0.4 is 24.7 Å². The van der Waals surface area contributed by atoms with E-state index >= 15 is 0 Å². The van der Waals surface area contributed by atoms with Gasteiger partial charge in [-0.2, -0.15) is 5.26 Å². The van der Waals surface area contributed by atoms with Crippen LogP contribution in [0.2, 0.25) is 0 Å². The number of ether oxygens (including phenoxy) is 5. The highest BCUT2D eigenvalue weighted by atomic mass is 32.2. The quantitative estimate of drug-likeness (QED) is 0.372. The number of cyclic esters (lactones) is 1. The Bertz CT molecular complexity index is 1640. The number of hydrogen-bond acceptors (Lipinski definition) is 13. The summed E-state index contributed by atoms with van der Waals surface area (Å²) in [6, 6.07) is 1.36. The first kappa shape index (κ1) is 29.0. The van der Waals surface area contributed by atoms with Crippen molar-refractivity contribution in [1.29, 1.82) is 5.26 Å². The van der Waals surface area contributed by atoms with Crippen LogP contribution in [0.15, 0.2) is 6.07 Å². The molecular weight excluding hydrogens is 588 g/mol. The summed E-state index contributed by atoms with van der Waals surface area (Å²) in [5.41, 5.74) is 10.8. The highest BCUT2D eigenvalue weighted by molar-refractivity contribution is 7.99. The molecule has 5 aliphatic rings. The number of nitriles is 1. The lowest BCUT2D eigenvalue weighted by Gasteiger charge is -2.61. The van der Waals surface area contributed by atoms with E-state index in [2.05, 4.69) is 15.9 Å². The molecule has 3 N–H and O–H groups in total. The summed E-state index contributed by atoms with van der Waals surface area (Å²) >= 11 is 1.44. The number of hydrogen-bond donors (Lipinski definition) is 2. The molecule has 5 heterocycles. The number of phenolic OH excluding ortho intramolecular Hbond substituents is 1. The van der Waals surface area contributed by atoms with Crippen LogP contribution in [0.5, 0.6) is 28.7 Å². The second kappa shape index (κ2) is 10.4. The minimum Gasteiger partial charge on any atom is -0.504 e. The van der Waals surface area contributed by atoms with Gasteiger partial charge in [-0.05, 0) is 38.4 Å². The monoisotopic (exact) mass is 622 g/mol. The molecule has 0 radical (unpaired) electrons. The molecule has 13 heteroatoms. The number of nitrogens with two attached hydrogens (primary N) is 1. The van der Waals surface area contributed by atoms with Gasteiger partial charge < -0.3 is 34.5 Å². The van der Waals surface area contributed by atoms with Crippen molar-refractivity contribution in [1.82, 2.24) is 9.80 Å². The summed E-state index contributed by atoms with van der Waals surface area (Å²) < 4.78 is 29.4. The van der Waals surface area contributed by atoms with E-state index in [0.29, 0.717) is 40.5 Å². The van der Waals surface area contributed by atoms with Crippen LogP contribution in [-0.2, 0) is 20.7 Å². The average molecular weight is 623 g/mol. The first-order valence-corrected chi connectivity index (χ1v) is 15.6. The van der Waals surface area contributed by atoms with Crippen molar-refractivity contribution >= 4 is 23.7 Å². The van der Waals surface area contributed by atoms with Gasteiger partial charge in [0.2, 0.25) is 6.79 Å². The Morgan fingerprint density at radius 3 is 2.64 bits per heavy atom. The van der Waals surface area contributed by atoms with Gasteiger partial charge in [-0.25, -0.2) is 0 Å². The highest BCUT2D eigenvalue weighted by Crippen LogP contribution is 2.64. The SMILES string of the molecule is COc1c(C)cc2c(c1O)[C@H]1C3[C@@H]4SCC(N)C(=O)OC[C@H](c5c6c(c(C)c(OC(C)=O)c54)OCO6)N3C(C#N)[C@H](C2)N1C. The molecule has 232 valence electrons. The third-order valence-electron chi connectivity index (χ3n) is 9.69. The lowest BCUT2D eigenvalue weighted by Crippen LogP contribution is -2.69. The average Bonchev–Trinajstić information content (AvgIpc) is 3.47. The number of fused-ring (bicyclic) bond motifs is 9. The molecular formula is C31H34N4O8S. The van der Waals surface area contributed by atoms with Crippen molar-refractivity contribution in [2.24, 2.45) is 5.73 Å². The molecule has 7 rings (SSSR count). The lowest BCUT2D eigenvalue weighted by atomic mass is 9.71. The Kier molecular flexibility index (Phi) is 6.89. The van der Waals surface area contributed by atoms with Gasteiger partial charge in [-0.15, -0.1) is 11.8 Å². The van der Waals surface area contributed by atoms with Crippen LogP contribution in [0.3, 0.4) is 0 Å². The van der Waals surface area contributed by atoms with E-state index in [1.807, 2.05) is 27.0 Å². The first-order valence-electron chi connectivity index (χ1n) is 14.5. The minimum atomic E-state index is -0.890. The van der Waals surface area contributed by atoms with Crippen LogP contribution in [0.25, 0.3) is 0 Å². The van der Waals surface area contributed by atoms with Crippen molar-refractivity contribution in [2.45, 2.75) is 68.7 Å². The number of nitrogens with zero attached hydrogens (tertiary/aromatic N) is 3. The van der Waals surface area contributed by atoms with Crippen LogP contribution in [-0.4, -0.2) is 84.3 Å². The van der Waals surface area contributed by atoms with Crippen LogP contribution in [0.4, 0.5) is 0 Å². The molecule has 2 fully saturated rings. The first-order chi connectivity index (χ1) is 21.1. The number of carbonyl (C=O) groups is 2. The molecule has 12 nitrogen and oxygen atoms in total. The van der Waals surface area contributed by atoms with Crippen LogP contribution in [0, 0.1) is 25.2 Å². The summed E-state index contributed by atoms with van der Waals surface area (Å²) in [5.74, 6) is 0.953. The Labute approximate surface area is 258 Å². The topological polar surface area (TPSA) is 157 Å². The molecule has 0 amide bonds. The van der Waals surface area contributed by atoms with E-state index in [-0.39, 0.29) is 30.9 Å². The van der Waals surface area contributed by atoms with Gasteiger partial charge >= 0.3 is 11.9 Å². The van der Waals surface area contributed by atoms with E-state index in [0.717, 1.165) is 22.3 Å². The second-order valence-corrected chi connectivity index (χ2v) is 13.2. The standard InChI is InChI=1S/C31H34N4O8S/c1-12-6-15-7-17-18(8-32)35-19-9-40-31(38)16(33)10-44-30(24(35)23(34(17)4)20(15)25(37)26(12)39-5)22-21(19)29-28(41-11-42-29)13(2)27(22)43-14(3)36/h6,16-19,23-24,30,37H,7,9-11,33H2,1-5H3/t16?,17-,18?,19+,23-,24?,30+/m0/s1. The van der Waals surface area contributed by atoms with Gasteiger partial charge in [0.25, 0.3) is 0 Å². The van der Waals surface area contributed by atoms with Crippen LogP contribution in [0.1, 0.15) is 57.6 Å². The van der Waals surface area contributed by atoms with Gasteiger partial charge in [0, 0.05) is 47.0 Å². The molecule has 2 saturated heterocycles. The fourth-order valence-corrected chi connectivity index (χ4v) is 9.42. The number of phenols is 1. The Balaban J connectivity index is 1.56. The summed E-state index contributed by atoms with van der Waals surface area (Å²) in [4.78, 5) is 29.8. The van der Waals surface area contributed by atoms with Crippen LogP contribution >= 0.6 is 11.8 Å². The zero-order valence-electron chi connectivity index (χ0n) is 25.1. The molecule has 4 bridgehead atoms. The van der Waals surface area contributed by atoms with E-state index in [9.17, 15) is 20.0 Å². The lowest BCUT2D eigenvalue weighted by molar-refractivity contribution is -0.150. The molecule has 2 aromatic rings.